The molecule has 0 saturated carbocycles. The summed E-state index contributed by atoms with van der Waals surface area (Å²) in [5.41, 5.74) is 1.18. The van der Waals surface area contributed by atoms with E-state index in [1.165, 1.54) is 5.57 Å². The number of carbonyl (C=O) groups excluding carboxylic acids is 2. The van der Waals surface area contributed by atoms with Gasteiger partial charge in [-0.05, 0) is 20.3 Å². The van der Waals surface area contributed by atoms with Gasteiger partial charge < -0.3 is 14.8 Å². The van der Waals surface area contributed by atoms with Crippen LogP contribution in [0, 0.1) is 0 Å². The summed E-state index contributed by atoms with van der Waals surface area (Å²) in [7, 11) is 0. The van der Waals surface area contributed by atoms with Gasteiger partial charge in [-0.2, -0.15) is 0 Å². The summed E-state index contributed by atoms with van der Waals surface area (Å²) in [4.78, 5) is 21.9. The topological polar surface area (TPSA) is 64.6 Å². The zero-order valence-corrected chi connectivity index (χ0v) is 8.91. The normalized spacial score (nSPS) is 19.1. The number of alkyl carbamates (subject to hydrolysis) is 1. The van der Waals surface area contributed by atoms with Gasteiger partial charge in [0.1, 0.15) is 6.61 Å². The highest BCUT2D eigenvalue weighted by Gasteiger charge is 2.29. The molecule has 1 saturated heterocycles. The van der Waals surface area contributed by atoms with E-state index in [1.807, 2.05) is 19.9 Å². The van der Waals surface area contributed by atoms with Crippen molar-refractivity contribution in [2.75, 3.05) is 13.2 Å². The van der Waals surface area contributed by atoms with Gasteiger partial charge in [0.25, 0.3) is 0 Å². The monoisotopic (exact) mass is 213 g/mol. The first-order valence-electron chi connectivity index (χ1n) is 4.83. The molecule has 84 valence electrons. The van der Waals surface area contributed by atoms with E-state index in [0.717, 1.165) is 0 Å². The summed E-state index contributed by atoms with van der Waals surface area (Å²) in [5.74, 6) is -0.442. The van der Waals surface area contributed by atoms with Crippen molar-refractivity contribution in [3.63, 3.8) is 0 Å². The fourth-order valence-electron chi connectivity index (χ4n) is 1.12. The summed E-state index contributed by atoms with van der Waals surface area (Å²) in [6.45, 7) is 4.34. The molecule has 1 aliphatic rings. The van der Waals surface area contributed by atoms with Crippen LogP contribution in [0.25, 0.3) is 0 Å². The lowest BCUT2D eigenvalue weighted by Gasteiger charge is -2.06. The highest BCUT2D eigenvalue weighted by molar-refractivity contribution is 5.83. The van der Waals surface area contributed by atoms with Gasteiger partial charge in [-0.1, -0.05) is 11.6 Å². The van der Waals surface area contributed by atoms with Gasteiger partial charge in [0, 0.05) is 0 Å². The average Bonchev–Trinajstić information content (AvgIpc) is 2.59. The Morgan fingerprint density at radius 1 is 1.67 bits per heavy atom. The van der Waals surface area contributed by atoms with E-state index in [1.54, 1.807) is 0 Å². The van der Waals surface area contributed by atoms with Gasteiger partial charge in [0.2, 0.25) is 0 Å². The Kier molecular flexibility index (Phi) is 4.15. The van der Waals surface area contributed by atoms with Crippen molar-refractivity contribution in [2.24, 2.45) is 0 Å². The Bertz CT molecular complexity index is 281. The number of allylic oxidation sites excluding steroid dienone is 1. The predicted molar refractivity (Wildman–Crippen MR) is 53.3 cm³/mol. The SMILES string of the molecule is CC(C)=CCCOC(=O)[C@@H]1COC(=O)N1. The van der Waals surface area contributed by atoms with Gasteiger partial charge in [-0.25, -0.2) is 9.59 Å². The molecule has 1 aliphatic heterocycles. The lowest BCUT2D eigenvalue weighted by Crippen LogP contribution is -2.36. The molecule has 0 aromatic carbocycles. The second kappa shape index (κ2) is 5.38. The van der Waals surface area contributed by atoms with Gasteiger partial charge in [-0.3, -0.25) is 0 Å². The first-order valence-corrected chi connectivity index (χ1v) is 4.83. The average molecular weight is 213 g/mol. The van der Waals surface area contributed by atoms with Crippen LogP contribution in [0.15, 0.2) is 11.6 Å². The van der Waals surface area contributed by atoms with E-state index < -0.39 is 18.1 Å². The number of hydrogen-bond donors (Lipinski definition) is 1. The molecular weight excluding hydrogens is 198 g/mol. The fourth-order valence-corrected chi connectivity index (χ4v) is 1.12. The van der Waals surface area contributed by atoms with E-state index in [9.17, 15) is 9.59 Å². The third-order valence-electron chi connectivity index (χ3n) is 1.87. The molecule has 0 aromatic heterocycles. The Balaban J connectivity index is 2.19. The third-order valence-corrected chi connectivity index (χ3v) is 1.87. The summed E-state index contributed by atoms with van der Waals surface area (Å²) in [6, 6.07) is -0.649. The van der Waals surface area contributed by atoms with Gasteiger partial charge in [0.05, 0.1) is 6.61 Å². The summed E-state index contributed by atoms with van der Waals surface area (Å²) >= 11 is 0. The number of nitrogens with one attached hydrogen (secondary N) is 1. The van der Waals surface area contributed by atoms with Crippen LogP contribution in [0.3, 0.4) is 0 Å². The first-order chi connectivity index (χ1) is 7.09. The number of rotatable bonds is 4. The lowest BCUT2D eigenvalue weighted by atomic mass is 10.3. The van der Waals surface area contributed by atoms with Crippen LogP contribution >= 0.6 is 0 Å². The molecule has 0 spiro atoms. The Morgan fingerprint density at radius 3 is 2.93 bits per heavy atom. The third kappa shape index (κ3) is 4.01. The molecule has 1 fully saturated rings. The largest absolute Gasteiger partial charge is 0.464 e. The molecule has 0 radical (unpaired) electrons. The Hall–Kier alpha value is -1.52. The fraction of sp³-hybridized carbons (Fsp3) is 0.600. The Morgan fingerprint density at radius 2 is 2.40 bits per heavy atom. The van der Waals surface area contributed by atoms with Crippen molar-refractivity contribution in [1.82, 2.24) is 5.32 Å². The molecule has 0 unspecified atom stereocenters. The highest BCUT2D eigenvalue weighted by atomic mass is 16.6. The molecule has 5 nitrogen and oxygen atoms in total. The quantitative estimate of drug-likeness (QED) is 0.430. The molecule has 0 bridgehead atoms. The van der Waals surface area contributed by atoms with Crippen LogP contribution < -0.4 is 5.32 Å². The highest BCUT2D eigenvalue weighted by Crippen LogP contribution is 2.01. The zero-order valence-electron chi connectivity index (χ0n) is 8.91. The summed E-state index contributed by atoms with van der Waals surface area (Å²) in [5, 5.41) is 2.35. The minimum Gasteiger partial charge on any atom is -0.464 e. The van der Waals surface area contributed by atoms with Gasteiger partial charge in [-0.15, -0.1) is 0 Å². The Labute approximate surface area is 88.4 Å². The zero-order chi connectivity index (χ0) is 11.3. The van der Waals surface area contributed by atoms with Crippen LogP contribution in [0.2, 0.25) is 0 Å². The van der Waals surface area contributed by atoms with Crippen molar-refractivity contribution in [2.45, 2.75) is 26.3 Å². The predicted octanol–water partition coefficient (Wildman–Crippen LogP) is 0.994. The van der Waals surface area contributed by atoms with Crippen LogP contribution in [-0.4, -0.2) is 31.3 Å². The second-order valence-electron chi connectivity index (χ2n) is 3.53. The second-order valence-corrected chi connectivity index (χ2v) is 3.53. The van der Waals surface area contributed by atoms with Crippen molar-refractivity contribution < 1.29 is 19.1 Å². The molecule has 15 heavy (non-hydrogen) atoms. The van der Waals surface area contributed by atoms with Crippen molar-refractivity contribution in [1.29, 1.82) is 0 Å². The maximum absolute atomic E-state index is 11.3. The van der Waals surface area contributed by atoms with Crippen LogP contribution in [0.5, 0.6) is 0 Å². The number of hydrogen-bond acceptors (Lipinski definition) is 4. The summed E-state index contributed by atoms with van der Waals surface area (Å²) in [6.07, 6.45) is 2.10. The number of esters is 1. The molecule has 1 N–H and O–H groups in total. The first kappa shape index (κ1) is 11.6. The van der Waals surface area contributed by atoms with E-state index in [-0.39, 0.29) is 6.61 Å². The van der Waals surface area contributed by atoms with Gasteiger partial charge >= 0.3 is 12.1 Å². The molecule has 5 heteroatoms. The standard InChI is InChI=1S/C10H15NO4/c1-7(2)4-3-5-14-9(12)8-6-15-10(13)11-8/h4,8H,3,5-6H2,1-2H3,(H,11,13)/t8-/m0/s1. The summed E-state index contributed by atoms with van der Waals surface area (Å²) < 4.78 is 9.51. The molecule has 0 aliphatic carbocycles. The maximum atomic E-state index is 11.3. The van der Waals surface area contributed by atoms with Crippen LogP contribution in [-0.2, 0) is 14.3 Å². The van der Waals surface area contributed by atoms with Crippen LogP contribution in [0.4, 0.5) is 4.79 Å². The number of ether oxygens (including phenoxy) is 2. The van der Waals surface area contributed by atoms with Crippen LogP contribution in [0.1, 0.15) is 20.3 Å². The maximum Gasteiger partial charge on any atom is 0.408 e. The number of carbonyl (C=O) groups is 2. The molecule has 1 heterocycles. The van der Waals surface area contributed by atoms with E-state index in [4.69, 9.17) is 4.74 Å². The minimum atomic E-state index is -0.649. The van der Waals surface area contributed by atoms with Gasteiger partial charge in [0.15, 0.2) is 6.04 Å². The van der Waals surface area contributed by atoms with E-state index >= 15 is 0 Å². The number of amides is 1. The lowest BCUT2D eigenvalue weighted by molar-refractivity contribution is -0.145. The van der Waals surface area contributed by atoms with E-state index in [2.05, 4.69) is 10.1 Å². The minimum absolute atomic E-state index is 0.0559. The van der Waals surface area contributed by atoms with Crippen molar-refractivity contribution in [3.8, 4) is 0 Å². The molecule has 1 atom stereocenters. The van der Waals surface area contributed by atoms with E-state index in [0.29, 0.717) is 13.0 Å². The molecule has 1 rings (SSSR count). The molecule has 0 aromatic rings. The number of cyclic esters (lactones) is 1. The molecule has 1 amide bonds. The molecular formula is C10H15NO4. The smallest absolute Gasteiger partial charge is 0.408 e. The van der Waals surface area contributed by atoms with Crippen molar-refractivity contribution in [3.05, 3.63) is 11.6 Å². The van der Waals surface area contributed by atoms with Crippen molar-refractivity contribution >= 4 is 12.1 Å².